The number of benzene rings is 1. The van der Waals surface area contributed by atoms with Crippen LogP contribution in [0.25, 0.3) is 0 Å². The van der Waals surface area contributed by atoms with Crippen LogP contribution in [0.3, 0.4) is 0 Å². The first kappa shape index (κ1) is 15.8. The maximum atomic E-state index is 12.3. The average Bonchev–Trinajstić information content (AvgIpc) is 2.98. The van der Waals surface area contributed by atoms with Crippen LogP contribution in [0.2, 0.25) is 5.02 Å². The van der Waals surface area contributed by atoms with Crippen LogP contribution in [0, 0.1) is 12.8 Å². The Kier molecular flexibility index (Phi) is 5.04. The highest BCUT2D eigenvalue weighted by Crippen LogP contribution is 2.36. The molecule has 2 atom stereocenters. The van der Waals surface area contributed by atoms with Crippen molar-refractivity contribution in [3.05, 3.63) is 28.8 Å². The number of carbonyl (C=O) groups is 1. The van der Waals surface area contributed by atoms with Crippen LogP contribution >= 0.6 is 11.6 Å². The second kappa shape index (κ2) is 7.01. The summed E-state index contributed by atoms with van der Waals surface area (Å²) in [5.41, 5.74) is 1.77. The molecule has 4 heteroatoms. The zero-order chi connectivity index (χ0) is 15.5. The van der Waals surface area contributed by atoms with Gasteiger partial charge < -0.3 is 5.32 Å². The highest BCUT2D eigenvalue weighted by Gasteiger charge is 2.34. The lowest BCUT2D eigenvalue weighted by atomic mass is 9.92. The van der Waals surface area contributed by atoms with Gasteiger partial charge in [-0.15, -0.1) is 0 Å². The molecule has 22 heavy (non-hydrogen) atoms. The van der Waals surface area contributed by atoms with E-state index in [0.29, 0.717) is 11.4 Å². The Hall–Kier alpha value is -1.06. The third-order valence-electron chi connectivity index (χ3n) is 5.22. The normalized spacial score (nSPS) is 25.0. The van der Waals surface area contributed by atoms with Crippen LogP contribution in [-0.2, 0) is 4.79 Å². The highest BCUT2D eigenvalue weighted by atomic mass is 35.5. The predicted octanol–water partition coefficient (Wildman–Crippen LogP) is 4.24. The summed E-state index contributed by atoms with van der Waals surface area (Å²) in [5, 5.41) is 3.59. The van der Waals surface area contributed by atoms with E-state index in [4.69, 9.17) is 11.6 Å². The van der Waals surface area contributed by atoms with Crippen molar-refractivity contribution in [3.63, 3.8) is 0 Å². The van der Waals surface area contributed by atoms with Crippen molar-refractivity contribution in [1.82, 2.24) is 4.90 Å². The van der Waals surface area contributed by atoms with E-state index in [0.717, 1.165) is 36.3 Å². The number of para-hydroxylation sites is 1. The summed E-state index contributed by atoms with van der Waals surface area (Å²) in [6.07, 6.45) is 7.27. The maximum Gasteiger partial charge on any atom is 0.225 e. The summed E-state index contributed by atoms with van der Waals surface area (Å²) in [7, 11) is 0. The molecule has 1 amide bonds. The lowest BCUT2D eigenvalue weighted by Crippen LogP contribution is -2.43. The van der Waals surface area contributed by atoms with Crippen molar-refractivity contribution in [2.45, 2.75) is 51.5 Å². The molecule has 2 fully saturated rings. The molecule has 3 nitrogen and oxygen atoms in total. The minimum absolute atomic E-state index is 0.0660. The monoisotopic (exact) mass is 320 g/mol. The van der Waals surface area contributed by atoms with Gasteiger partial charge in [-0.1, -0.05) is 30.2 Å². The first-order valence-corrected chi connectivity index (χ1v) is 8.82. The number of amides is 1. The Balaban J connectivity index is 1.54. The largest absolute Gasteiger partial charge is 0.325 e. The first-order valence-electron chi connectivity index (χ1n) is 8.44. The summed E-state index contributed by atoms with van der Waals surface area (Å²) in [6, 6.07) is 6.41. The number of hydrogen-bond donors (Lipinski definition) is 1. The Morgan fingerprint density at radius 1 is 1.32 bits per heavy atom. The molecule has 1 saturated heterocycles. The summed E-state index contributed by atoms with van der Waals surface area (Å²) < 4.78 is 0. The van der Waals surface area contributed by atoms with Gasteiger partial charge in [0.15, 0.2) is 0 Å². The molecule has 1 saturated carbocycles. The number of piperidine rings is 1. The smallest absolute Gasteiger partial charge is 0.225 e. The van der Waals surface area contributed by atoms with E-state index < -0.39 is 0 Å². The minimum Gasteiger partial charge on any atom is -0.325 e. The van der Waals surface area contributed by atoms with E-state index in [2.05, 4.69) is 10.2 Å². The molecular weight excluding hydrogens is 296 g/mol. The molecule has 120 valence electrons. The number of carbonyl (C=O) groups excluding carboxylic acids is 1. The van der Waals surface area contributed by atoms with Gasteiger partial charge >= 0.3 is 0 Å². The van der Waals surface area contributed by atoms with E-state index in [1.165, 1.54) is 32.1 Å². The van der Waals surface area contributed by atoms with Crippen LogP contribution in [0.5, 0.6) is 0 Å². The van der Waals surface area contributed by atoms with Crippen molar-refractivity contribution >= 4 is 23.2 Å². The van der Waals surface area contributed by atoms with Gasteiger partial charge in [-0.05, 0) is 56.7 Å². The lowest BCUT2D eigenvalue weighted by molar-refractivity contribution is -0.116. The van der Waals surface area contributed by atoms with Crippen molar-refractivity contribution in [1.29, 1.82) is 0 Å². The summed E-state index contributed by atoms with van der Waals surface area (Å²) in [6.45, 7) is 3.99. The zero-order valence-corrected chi connectivity index (χ0v) is 14.0. The first-order chi connectivity index (χ1) is 10.6. The van der Waals surface area contributed by atoms with Crippen molar-refractivity contribution in [3.8, 4) is 0 Å². The van der Waals surface area contributed by atoms with Crippen LogP contribution < -0.4 is 5.32 Å². The molecule has 0 aromatic heterocycles. The molecule has 0 spiro atoms. The molecule has 1 N–H and O–H groups in total. The number of nitrogens with zero attached hydrogens (tertiary/aromatic N) is 1. The molecule has 1 aromatic carbocycles. The Labute approximate surface area is 138 Å². The topological polar surface area (TPSA) is 32.3 Å². The molecule has 0 bridgehead atoms. The van der Waals surface area contributed by atoms with Crippen LogP contribution in [0.15, 0.2) is 18.2 Å². The van der Waals surface area contributed by atoms with Crippen molar-refractivity contribution in [2.75, 3.05) is 18.4 Å². The van der Waals surface area contributed by atoms with Gasteiger partial charge in [0.1, 0.15) is 0 Å². The molecule has 0 unspecified atom stereocenters. The summed E-state index contributed by atoms with van der Waals surface area (Å²) in [5.74, 6) is 0.943. The quantitative estimate of drug-likeness (QED) is 0.900. The molecule has 1 aliphatic heterocycles. The fourth-order valence-electron chi connectivity index (χ4n) is 4.07. The number of fused-ring (bicyclic) bond motifs is 1. The second-order valence-corrected chi connectivity index (χ2v) is 7.07. The van der Waals surface area contributed by atoms with E-state index in [9.17, 15) is 4.79 Å². The fourth-order valence-corrected chi connectivity index (χ4v) is 4.34. The molecule has 1 heterocycles. The zero-order valence-electron chi connectivity index (χ0n) is 13.3. The number of likely N-dealkylation sites (tertiary alicyclic amines) is 1. The van der Waals surface area contributed by atoms with Crippen molar-refractivity contribution in [2.24, 2.45) is 5.92 Å². The number of nitrogens with one attached hydrogen (secondary N) is 1. The van der Waals surface area contributed by atoms with E-state index >= 15 is 0 Å². The number of hydrogen-bond acceptors (Lipinski definition) is 2. The van der Waals surface area contributed by atoms with Gasteiger partial charge in [0.25, 0.3) is 0 Å². The van der Waals surface area contributed by atoms with Gasteiger partial charge in [0.2, 0.25) is 5.91 Å². The Morgan fingerprint density at radius 3 is 2.95 bits per heavy atom. The van der Waals surface area contributed by atoms with Crippen LogP contribution in [0.4, 0.5) is 5.69 Å². The number of aryl methyl sites for hydroxylation is 1. The molecular formula is C18H25ClN2O. The molecule has 1 aromatic rings. The standard InChI is InChI=1S/C18H25ClN2O/c1-13-5-2-8-15(19)18(13)20-17(22)10-12-21-11-4-7-14-6-3-9-16(14)21/h2,5,8,14,16H,3-4,6-7,9-12H2,1H3,(H,20,22)/t14-,16-/m0/s1. The molecule has 3 rings (SSSR count). The van der Waals surface area contributed by atoms with Gasteiger partial charge in [0.05, 0.1) is 10.7 Å². The van der Waals surface area contributed by atoms with E-state index in [1.807, 2.05) is 25.1 Å². The Bertz CT molecular complexity index is 526. The minimum atomic E-state index is 0.0660. The Morgan fingerprint density at radius 2 is 2.14 bits per heavy atom. The van der Waals surface area contributed by atoms with E-state index in [1.54, 1.807) is 0 Å². The number of halogens is 1. The second-order valence-electron chi connectivity index (χ2n) is 6.67. The lowest BCUT2D eigenvalue weighted by Gasteiger charge is -2.37. The summed E-state index contributed by atoms with van der Waals surface area (Å²) >= 11 is 6.17. The fraction of sp³-hybridized carbons (Fsp3) is 0.611. The number of rotatable bonds is 4. The van der Waals surface area contributed by atoms with Crippen LogP contribution in [-0.4, -0.2) is 29.9 Å². The average molecular weight is 321 g/mol. The third kappa shape index (κ3) is 3.47. The maximum absolute atomic E-state index is 12.3. The SMILES string of the molecule is Cc1cccc(Cl)c1NC(=O)CCN1CCC[C@@H]2CCC[C@@H]21. The van der Waals surface area contributed by atoms with Crippen molar-refractivity contribution < 1.29 is 4.79 Å². The predicted molar refractivity (Wildman–Crippen MR) is 91.4 cm³/mol. The molecule has 2 aliphatic rings. The summed E-state index contributed by atoms with van der Waals surface area (Å²) in [4.78, 5) is 14.8. The third-order valence-corrected chi connectivity index (χ3v) is 5.54. The van der Waals surface area contributed by atoms with Crippen LogP contribution in [0.1, 0.15) is 44.1 Å². The van der Waals surface area contributed by atoms with Gasteiger partial charge in [-0.25, -0.2) is 0 Å². The molecule has 0 radical (unpaired) electrons. The number of anilines is 1. The van der Waals surface area contributed by atoms with Gasteiger partial charge in [0, 0.05) is 19.0 Å². The molecule has 1 aliphatic carbocycles. The van der Waals surface area contributed by atoms with Gasteiger partial charge in [-0.3, -0.25) is 9.69 Å². The highest BCUT2D eigenvalue weighted by molar-refractivity contribution is 6.33. The van der Waals surface area contributed by atoms with Gasteiger partial charge in [-0.2, -0.15) is 0 Å². The van der Waals surface area contributed by atoms with E-state index in [-0.39, 0.29) is 5.91 Å².